The molecule has 15 heavy (non-hydrogen) atoms. The normalized spacial score (nSPS) is 11.5. The van der Waals surface area contributed by atoms with E-state index in [1.807, 2.05) is 16.7 Å². The number of nitrogen functional groups attached to an aromatic ring is 1. The van der Waals surface area contributed by atoms with Crippen LogP contribution < -0.4 is 5.73 Å². The number of pyridine rings is 1. The van der Waals surface area contributed by atoms with Crippen LogP contribution in [-0.4, -0.2) is 9.38 Å². The van der Waals surface area contributed by atoms with E-state index in [4.69, 9.17) is 17.3 Å². The maximum Gasteiger partial charge on any atom is 0.157 e. The second-order valence-corrected chi connectivity index (χ2v) is 5.06. The molecule has 0 saturated carbocycles. The number of aromatic nitrogens is 2. The highest BCUT2D eigenvalue weighted by atomic mass is 79.9. The molecule has 0 fully saturated rings. The van der Waals surface area contributed by atoms with Crippen molar-refractivity contribution in [3.8, 4) is 0 Å². The van der Waals surface area contributed by atoms with Crippen LogP contribution in [0.5, 0.6) is 0 Å². The van der Waals surface area contributed by atoms with Gasteiger partial charge in [-0.1, -0.05) is 25.4 Å². The molecule has 0 bridgehead atoms. The lowest BCUT2D eigenvalue weighted by molar-refractivity contribution is 0.838. The summed E-state index contributed by atoms with van der Waals surface area (Å²) in [6.45, 7) is 4.11. The Bertz CT molecular complexity index is 519. The van der Waals surface area contributed by atoms with E-state index in [9.17, 15) is 0 Å². The minimum absolute atomic E-state index is 0.291. The van der Waals surface area contributed by atoms with E-state index in [-0.39, 0.29) is 0 Å². The van der Waals surface area contributed by atoms with Gasteiger partial charge in [-0.15, -0.1) is 0 Å². The summed E-state index contributed by atoms with van der Waals surface area (Å²) in [5, 5.41) is 0.600. The lowest BCUT2D eigenvalue weighted by atomic mass is 10.1. The van der Waals surface area contributed by atoms with Gasteiger partial charge in [0.05, 0.1) is 10.7 Å². The first-order valence-corrected chi connectivity index (χ1v) is 5.80. The number of imidazole rings is 1. The predicted octanol–water partition coefficient (Wildman–Crippen LogP) is 3.46. The molecule has 0 amide bonds. The molecule has 0 unspecified atom stereocenters. The second kappa shape index (κ2) is 3.68. The third kappa shape index (κ3) is 1.72. The zero-order valence-corrected chi connectivity index (χ0v) is 10.8. The molecule has 0 spiro atoms. The van der Waals surface area contributed by atoms with Crippen molar-refractivity contribution in [3.05, 3.63) is 27.5 Å². The van der Waals surface area contributed by atoms with E-state index in [1.165, 1.54) is 0 Å². The Labute approximate surface area is 101 Å². The summed E-state index contributed by atoms with van der Waals surface area (Å²) in [4.78, 5) is 4.44. The molecule has 0 aliphatic heterocycles. The van der Waals surface area contributed by atoms with E-state index in [1.54, 1.807) is 0 Å². The summed E-state index contributed by atoms with van der Waals surface area (Å²) < 4.78 is 2.70. The molecular weight excluding hydrogens is 277 g/mol. The lowest BCUT2D eigenvalue weighted by Gasteiger charge is -2.01. The van der Waals surface area contributed by atoms with Crippen molar-refractivity contribution in [2.75, 3.05) is 5.73 Å². The van der Waals surface area contributed by atoms with Crippen molar-refractivity contribution in [3.63, 3.8) is 0 Å². The number of fused-ring (bicyclic) bond motifs is 1. The van der Waals surface area contributed by atoms with Crippen LogP contribution in [0.15, 0.2) is 16.7 Å². The summed E-state index contributed by atoms with van der Waals surface area (Å²) in [7, 11) is 0. The third-order valence-electron chi connectivity index (χ3n) is 2.25. The van der Waals surface area contributed by atoms with E-state index < -0.39 is 0 Å². The number of halogens is 2. The zero-order valence-electron chi connectivity index (χ0n) is 8.46. The van der Waals surface area contributed by atoms with Crippen LogP contribution in [0.3, 0.4) is 0 Å². The van der Waals surface area contributed by atoms with Crippen LogP contribution in [0.2, 0.25) is 5.02 Å². The average Bonchev–Trinajstić information content (AvgIpc) is 2.44. The van der Waals surface area contributed by atoms with Crippen LogP contribution in [0.1, 0.15) is 25.5 Å². The van der Waals surface area contributed by atoms with Crippen molar-refractivity contribution >= 4 is 39.0 Å². The number of nitrogens with zero attached hydrogens (tertiary/aromatic N) is 2. The van der Waals surface area contributed by atoms with Gasteiger partial charge < -0.3 is 5.73 Å². The standard InChI is InChI=1S/C10H11BrClN3/c1-5(2)8-9(13)15-4-6(11)3-7(12)10(15)14-8/h3-5H,13H2,1-2H3. The Balaban J connectivity index is 2.82. The summed E-state index contributed by atoms with van der Waals surface area (Å²) in [5.41, 5.74) is 7.59. The highest BCUT2D eigenvalue weighted by Crippen LogP contribution is 2.28. The van der Waals surface area contributed by atoms with Gasteiger partial charge in [0.2, 0.25) is 0 Å². The molecule has 5 heteroatoms. The topological polar surface area (TPSA) is 43.3 Å². The van der Waals surface area contributed by atoms with Crippen molar-refractivity contribution in [2.24, 2.45) is 0 Å². The summed E-state index contributed by atoms with van der Waals surface area (Å²) in [6.07, 6.45) is 1.87. The van der Waals surface area contributed by atoms with Crippen LogP contribution in [0, 0.1) is 0 Å². The van der Waals surface area contributed by atoms with Crippen LogP contribution >= 0.6 is 27.5 Å². The van der Waals surface area contributed by atoms with Crippen molar-refractivity contribution in [1.29, 1.82) is 0 Å². The Morgan fingerprint density at radius 1 is 1.53 bits per heavy atom. The van der Waals surface area contributed by atoms with Gasteiger partial charge in [0, 0.05) is 10.7 Å². The van der Waals surface area contributed by atoms with E-state index in [2.05, 4.69) is 34.8 Å². The van der Waals surface area contributed by atoms with Gasteiger partial charge in [-0.3, -0.25) is 4.40 Å². The molecule has 0 aromatic carbocycles. The molecule has 2 aromatic heterocycles. The molecule has 2 heterocycles. The largest absolute Gasteiger partial charge is 0.383 e. The number of hydrogen-bond acceptors (Lipinski definition) is 2. The van der Waals surface area contributed by atoms with Gasteiger partial charge in [0.25, 0.3) is 0 Å². The predicted molar refractivity (Wildman–Crippen MR) is 66.4 cm³/mol. The lowest BCUT2D eigenvalue weighted by Crippen LogP contribution is -1.97. The van der Waals surface area contributed by atoms with Gasteiger partial charge in [0.1, 0.15) is 5.82 Å². The SMILES string of the molecule is CC(C)c1nc2c(Cl)cc(Br)cn2c1N. The highest BCUT2D eigenvalue weighted by Gasteiger charge is 2.14. The molecule has 2 N–H and O–H groups in total. The first kappa shape index (κ1) is 10.8. The number of hydrogen-bond donors (Lipinski definition) is 1. The molecule has 80 valence electrons. The smallest absolute Gasteiger partial charge is 0.157 e. The van der Waals surface area contributed by atoms with Gasteiger partial charge in [0.15, 0.2) is 5.65 Å². The van der Waals surface area contributed by atoms with Crippen molar-refractivity contribution < 1.29 is 0 Å². The summed E-state index contributed by atoms with van der Waals surface area (Å²) in [6, 6.07) is 1.81. The Kier molecular flexibility index (Phi) is 2.64. The van der Waals surface area contributed by atoms with E-state index in [0.29, 0.717) is 22.4 Å². The van der Waals surface area contributed by atoms with Crippen molar-refractivity contribution in [2.45, 2.75) is 19.8 Å². The van der Waals surface area contributed by atoms with Gasteiger partial charge >= 0.3 is 0 Å². The van der Waals surface area contributed by atoms with Crippen molar-refractivity contribution in [1.82, 2.24) is 9.38 Å². The second-order valence-electron chi connectivity index (χ2n) is 3.74. The Morgan fingerprint density at radius 2 is 2.20 bits per heavy atom. The van der Waals surface area contributed by atoms with E-state index >= 15 is 0 Å². The first-order valence-electron chi connectivity index (χ1n) is 4.63. The maximum absolute atomic E-state index is 6.08. The third-order valence-corrected chi connectivity index (χ3v) is 2.97. The molecule has 0 aliphatic carbocycles. The summed E-state index contributed by atoms with van der Waals surface area (Å²) >= 11 is 9.46. The Morgan fingerprint density at radius 3 is 2.80 bits per heavy atom. The molecule has 0 atom stereocenters. The number of anilines is 1. The monoisotopic (exact) mass is 287 g/mol. The fraction of sp³-hybridized carbons (Fsp3) is 0.300. The van der Waals surface area contributed by atoms with Crippen LogP contribution in [-0.2, 0) is 0 Å². The molecule has 3 nitrogen and oxygen atoms in total. The number of nitrogens with two attached hydrogens (primary N) is 1. The number of rotatable bonds is 1. The van der Waals surface area contributed by atoms with Crippen LogP contribution in [0.4, 0.5) is 5.82 Å². The molecule has 0 saturated heterocycles. The minimum Gasteiger partial charge on any atom is -0.383 e. The molecule has 0 aliphatic rings. The quantitative estimate of drug-likeness (QED) is 0.873. The Hall–Kier alpha value is -0.740. The molecular formula is C10H11BrClN3. The fourth-order valence-electron chi connectivity index (χ4n) is 1.53. The maximum atomic E-state index is 6.08. The summed E-state index contributed by atoms with van der Waals surface area (Å²) in [5.74, 6) is 0.947. The fourth-order valence-corrected chi connectivity index (χ4v) is 2.35. The van der Waals surface area contributed by atoms with Crippen LogP contribution in [0.25, 0.3) is 5.65 Å². The van der Waals surface area contributed by atoms with Gasteiger partial charge in [-0.05, 0) is 27.9 Å². The van der Waals surface area contributed by atoms with Gasteiger partial charge in [-0.2, -0.15) is 0 Å². The van der Waals surface area contributed by atoms with Gasteiger partial charge in [-0.25, -0.2) is 4.98 Å². The molecule has 2 aromatic rings. The minimum atomic E-state index is 0.291. The average molecular weight is 289 g/mol. The zero-order chi connectivity index (χ0) is 11.2. The first-order chi connectivity index (χ1) is 7.00. The molecule has 0 radical (unpaired) electrons. The highest BCUT2D eigenvalue weighted by molar-refractivity contribution is 9.10. The molecule has 2 rings (SSSR count). The van der Waals surface area contributed by atoms with E-state index in [0.717, 1.165) is 10.2 Å².